The van der Waals surface area contributed by atoms with Crippen LogP contribution in [0.2, 0.25) is 0 Å². The Morgan fingerprint density at radius 1 is 1.21 bits per heavy atom. The van der Waals surface area contributed by atoms with Gasteiger partial charge in [-0.15, -0.1) is 0 Å². The molecule has 2 N–H and O–H groups in total. The van der Waals surface area contributed by atoms with Crippen LogP contribution in [0.1, 0.15) is 45.4 Å². The summed E-state index contributed by atoms with van der Waals surface area (Å²) in [6, 6.07) is 1.50. The van der Waals surface area contributed by atoms with E-state index >= 15 is 0 Å². The van der Waals surface area contributed by atoms with Gasteiger partial charge in [-0.2, -0.15) is 0 Å². The van der Waals surface area contributed by atoms with Crippen LogP contribution in [0.3, 0.4) is 0 Å². The summed E-state index contributed by atoms with van der Waals surface area (Å²) in [5.41, 5.74) is 0. The van der Waals surface area contributed by atoms with Crippen LogP contribution in [0.5, 0.6) is 0 Å². The lowest BCUT2D eigenvalue weighted by Crippen LogP contribution is -2.45. The molecule has 2 rings (SSSR count). The molecule has 1 saturated heterocycles. The van der Waals surface area contributed by atoms with Crippen LogP contribution < -0.4 is 10.6 Å². The molecular formula is C12H24N2. The minimum atomic E-state index is 0.713. The molecule has 0 aromatic heterocycles. The average Bonchev–Trinajstić information content (AvgIpc) is 2.67. The number of piperidine rings is 1. The maximum atomic E-state index is 3.75. The molecule has 0 bridgehead atoms. The van der Waals surface area contributed by atoms with Crippen molar-refractivity contribution in [3.8, 4) is 0 Å². The van der Waals surface area contributed by atoms with Crippen molar-refractivity contribution in [1.82, 2.24) is 10.6 Å². The lowest BCUT2D eigenvalue weighted by molar-refractivity contribution is 0.316. The van der Waals surface area contributed by atoms with Crippen molar-refractivity contribution in [2.45, 2.75) is 57.5 Å². The molecule has 2 aliphatic rings. The molecule has 14 heavy (non-hydrogen) atoms. The Labute approximate surface area is 87.8 Å². The summed E-state index contributed by atoms with van der Waals surface area (Å²) < 4.78 is 0. The molecule has 1 heterocycles. The van der Waals surface area contributed by atoms with Gasteiger partial charge in [0.15, 0.2) is 0 Å². The topological polar surface area (TPSA) is 24.1 Å². The maximum Gasteiger partial charge on any atom is 0.00939 e. The fourth-order valence-corrected chi connectivity index (χ4v) is 2.87. The third-order valence-electron chi connectivity index (χ3n) is 3.79. The smallest absolute Gasteiger partial charge is 0.00939 e. The minimum absolute atomic E-state index is 0.713. The van der Waals surface area contributed by atoms with Crippen molar-refractivity contribution in [1.29, 1.82) is 0 Å². The zero-order valence-corrected chi connectivity index (χ0v) is 9.39. The molecule has 0 aromatic carbocycles. The Bertz CT molecular complexity index is 164. The monoisotopic (exact) mass is 196 g/mol. The van der Waals surface area contributed by atoms with Crippen molar-refractivity contribution in [3.63, 3.8) is 0 Å². The predicted molar refractivity (Wildman–Crippen MR) is 60.4 cm³/mol. The van der Waals surface area contributed by atoms with Gasteiger partial charge in [0.1, 0.15) is 0 Å². The number of hydrogen-bond acceptors (Lipinski definition) is 2. The van der Waals surface area contributed by atoms with Crippen molar-refractivity contribution in [2.24, 2.45) is 5.92 Å². The zero-order valence-electron chi connectivity index (χ0n) is 9.39. The van der Waals surface area contributed by atoms with Crippen LogP contribution in [0.15, 0.2) is 0 Å². The molecule has 0 spiro atoms. The first kappa shape index (κ1) is 10.4. The fraction of sp³-hybridized carbons (Fsp3) is 1.00. The van der Waals surface area contributed by atoms with Crippen LogP contribution in [-0.4, -0.2) is 25.2 Å². The SMILES string of the molecule is CC1CC(NCC2CCCC2)CCN1. The second-order valence-electron chi connectivity index (χ2n) is 5.14. The van der Waals surface area contributed by atoms with Crippen LogP contribution >= 0.6 is 0 Å². The van der Waals surface area contributed by atoms with Crippen LogP contribution in [-0.2, 0) is 0 Å². The van der Waals surface area contributed by atoms with Gasteiger partial charge in [0, 0.05) is 12.1 Å². The summed E-state index contributed by atoms with van der Waals surface area (Å²) in [6.45, 7) is 4.77. The Morgan fingerprint density at radius 3 is 2.71 bits per heavy atom. The van der Waals surface area contributed by atoms with Crippen LogP contribution in [0, 0.1) is 5.92 Å². The molecule has 1 aliphatic heterocycles. The molecule has 2 atom stereocenters. The highest BCUT2D eigenvalue weighted by Gasteiger charge is 2.20. The molecule has 0 aromatic rings. The molecule has 1 aliphatic carbocycles. The molecule has 2 unspecified atom stereocenters. The fourth-order valence-electron chi connectivity index (χ4n) is 2.87. The van der Waals surface area contributed by atoms with E-state index < -0.39 is 0 Å². The summed E-state index contributed by atoms with van der Waals surface area (Å²) in [4.78, 5) is 0. The first-order chi connectivity index (χ1) is 6.84. The summed E-state index contributed by atoms with van der Waals surface area (Å²) in [5.74, 6) is 0.986. The van der Waals surface area contributed by atoms with Gasteiger partial charge in [-0.25, -0.2) is 0 Å². The van der Waals surface area contributed by atoms with E-state index in [1.54, 1.807) is 0 Å². The van der Waals surface area contributed by atoms with Crippen molar-refractivity contribution < 1.29 is 0 Å². The van der Waals surface area contributed by atoms with Gasteiger partial charge in [-0.1, -0.05) is 12.8 Å². The van der Waals surface area contributed by atoms with Gasteiger partial charge in [0.25, 0.3) is 0 Å². The van der Waals surface area contributed by atoms with Gasteiger partial charge in [-0.3, -0.25) is 0 Å². The van der Waals surface area contributed by atoms with Gasteiger partial charge in [0.05, 0.1) is 0 Å². The first-order valence-electron chi connectivity index (χ1n) is 6.31. The number of rotatable bonds is 3. The largest absolute Gasteiger partial charge is 0.314 e. The minimum Gasteiger partial charge on any atom is -0.314 e. The van der Waals surface area contributed by atoms with E-state index in [1.165, 1.54) is 51.6 Å². The van der Waals surface area contributed by atoms with Gasteiger partial charge < -0.3 is 10.6 Å². The highest BCUT2D eigenvalue weighted by atomic mass is 15.0. The van der Waals surface area contributed by atoms with E-state index in [1.807, 2.05) is 0 Å². The van der Waals surface area contributed by atoms with Gasteiger partial charge >= 0.3 is 0 Å². The van der Waals surface area contributed by atoms with Crippen molar-refractivity contribution in [2.75, 3.05) is 13.1 Å². The van der Waals surface area contributed by atoms with E-state index in [4.69, 9.17) is 0 Å². The predicted octanol–water partition coefficient (Wildman–Crippen LogP) is 1.91. The maximum absolute atomic E-state index is 3.75. The third-order valence-corrected chi connectivity index (χ3v) is 3.79. The lowest BCUT2D eigenvalue weighted by Gasteiger charge is -2.29. The van der Waals surface area contributed by atoms with E-state index in [2.05, 4.69) is 17.6 Å². The van der Waals surface area contributed by atoms with E-state index in [0.717, 1.165) is 12.0 Å². The molecule has 0 radical (unpaired) electrons. The Morgan fingerprint density at radius 2 is 2.00 bits per heavy atom. The average molecular weight is 196 g/mol. The molecule has 0 amide bonds. The molecule has 2 heteroatoms. The van der Waals surface area contributed by atoms with E-state index in [0.29, 0.717) is 6.04 Å². The summed E-state index contributed by atoms with van der Waals surface area (Å²) in [5, 5.41) is 7.25. The molecule has 2 fully saturated rings. The van der Waals surface area contributed by atoms with Crippen LogP contribution in [0.4, 0.5) is 0 Å². The zero-order chi connectivity index (χ0) is 9.80. The van der Waals surface area contributed by atoms with Crippen LogP contribution in [0.25, 0.3) is 0 Å². The Balaban J connectivity index is 1.64. The Kier molecular flexibility index (Phi) is 3.82. The summed E-state index contributed by atoms with van der Waals surface area (Å²) in [6.07, 6.45) is 8.49. The highest BCUT2D eigenvalue weighted by Crippen LogP contribution is 2.24. The summed E-state index contributed by atoms with van der Waals surface area (Å²) in [7, 11) is 0. The third kappa shape index (κ3) is 2.96. The number of hydrogen-bond donors (Lipinski definition) is 2. The molecule has 2 nitrogen and oxygen atoms in total. The Hall–Kier alpha value is -0.0800. The highest BCUT2D eigenvalue weighted by molar-refractivity contribution is 4.81. The molecule has 82 valence electrons. The van der Waals surface area contributed by atoms with E-state index in [9.17, 15) is 0 Å². The second-order valence-corrected chi connectivity index (χ2v) is 5.14. The molecule has 1 saturated carbocycles. The van der Waals surface area contributed by atoms with Gasteiger partial charge in [-0.05, 0) is 51.6 Å². The lowest BCUT2D eigenvalue weighted by atomic mass is 9.99. The number of nitrogens with one attached hydrogen (secondary N) is 2. The molecular weight excluding hydrogens is 172 g/mol. The van der Waals surface area contributed by atoms with Crippen molar-refractivity contribution >= 4 is 0 Å². The quantitative estimate of drug-likeness (QED) is 0.720. The summed E-state index contributed by atoms with van der Waals surface area (Å²) >= 11 is 0. The van der Waals surface area contributed by atoms with Crippen molar-refractivity contribution in [3.05, 3.63) is 0 Å². The normalized spacial score (nSPS) is 34.9. The van der Waals surface area contributed by atoms with E-state index in [-0.39, 0.29) is 0 Å². The standard InChI is InChI=1S/C12H24N2/c1-10-8-12(6-7-13-10)14-9-11-4-2-3-5-11/h10-14H,2-9H2,1H3. The second kappa shape index (κ2) is 5.13. The first-order valence-corrected chi connectivity index (χ1v) is 6.31. The van der Waals surface area contributed by atoms with Gasteiger partial charge in [0.2, 0.25) is 0 Å².